The first-order valence-electron chi connectivity index (χ1n) is 5.74. The minimum Gasteiger partial charge on any atom is -0.481 e. The Hall–Kier alpha value is -1.99. The molecular formula is C13H12N2O3S2. The van der Waals surface area contributed by atoms with Gasteiger partial charge in [0.05, 0.1) is 12.1 Å². The molecule has 0 fully saturated rings. The van der Waals surface area contributed by atoms with Crippen molar-refractivity contribution in [1.29, 1.82) is 0 Å². The van der Waals surface area contributed by atoms with Gasteiger partial charge in [-0.05, 0) is 24.3 Å². The Kier molecular flexibility index (Phi) is 4.65. The molecule has 0 atom stereocenters. The molecule has 0 bridgehead atoms. The van der Waals surface area contributed by atoms with E-state index < -0.39 is 5.97 Å². The molecule has 0 aliphatic carbocycles. The normalized spacial score (nSPS) is 10.8. The Morgan fingerprint density at radius 3 is 2.90 bits per heavy atom. The molecule has 2 N–H and O–H groups in total. The van der Waals surface area contributed by atoms with Crippen LogP contribution in [0.5, 0.6) is 0 Å². The van der Waals surface area contributed by atoms with E-state index in [9.17, 15) is 9.59 Å². The van der Waals surface area contributed by atoms with Crippen LogP contribution in [0.15, 0.2) is 17.5 Å². The van der Waals surface area contributed by atoms with Crippen LogP contribution >= 0.6 is 22.7 Å². The Balaban J connectivity index is 2.01. The van der Waals surface area contributed by atoms with E-state index in [-0.39, 0.29) is 12.3 Å². The zero-order chi connectivity index (χ0) is 14.5. The third-order valence-corrected chi connectivity index (χ3v) is 4.06. The van der Waals surface area contributed by atoms with Gasteiger partial charge in [0.15, 0.2) is 5.13 Å². The van der Waals surface area contributed by atoms with Crippen LogP contribution < -0.4 is 5.32 Å². The lowest BCUT2D eigenvalue weighted by atomic mass is 10.3. The Bertz CT molecular complexity index is 602. The zero-order valence-electron chi connectivity index (χ0n) is 10.6. The van der Waals surface area contributed by atoms with Crippen LogP contribution in [0.3, 0.4) is 0 Å². The van der Waals surface area contributed by atoms with Gasteiger partial charge in [0.1, 0.15) is 0 Å². The summed E-state index contributed by atoms with van der Waals surface area (Å²) in [5.41, 5.74) is 0.756. The number of anilines is 1. The number of amides is 1. The van der Waals surface area contributed by atoms with Crippen molar-refractivity contribution in [1.82, 2.24) is 4.98 Å². The fourth-order valence-electron chi connectivity index (χ4n) is 1.47. The first-order valence-corrected chi connectivity index (χ1v) is 7.44. The SMILES string of the molecule is CC(=O)Nc1nc(/C=C/c2ccc(CC(=O)O)s2)cs1. The second-order valence-electron chi connectivity index (χ2n) is 3.97. The third-order valence-electron chi connectivity index (χ3n) is 2.23. The van der Waals surface area contributed by atoms with E-state index in [0.29, 0.717) is 5.13 Å². The van der Waals surface area contributed by atoms with Crippen LogP contribution in [-0.4, -0.2) is 22.0 Å². The number of thiazole rings is 1. The van der Waals surface area contributed by atoms with Crippen molar-refractivity contribution < 1.29 is 14.7 Å². The maximum Gasteiger partial charge on any atom is 0.308 e. The van der Waals surface area contributed by atoms with Crippen LogP contribution in [0.4, 0.5) is 5.13 Å². The molecule has 2 aromatic rings. The molecule has 5 nitrogen and oxygen atoms in total. The summed E-state index contributed by atoms with van der Waals surface area (Å²) in [6.45, 7) is 1.44. The molecule has 0 spiro atoms. The number of hydrogen-bond donors (Lipinski definition) is 2. The van der Waals surface area contributed by atoms with Gasteiger partial charge < -0.3 is 10.4 Å². The van der Waals surface area contributed by atoms with Crippen molar-refractivity contribution in [3.05, 3.63) is 33.0 Å². The van der Waals surface area contributed by atoms with Gasteiger partial charge in [-0.15, -0.1) is 22.7 Å². The average Bonchev–Trinajstić information content (AvgIpc) is 2.94. The van der Waals surface area contributed by atoms with Crippen LogP contribution in [0.1, 0.15) is 22.4 Å². The van der Waals surface area contributed by atoms with Gasteiger partial charge in [-0.1, -0.05) is 0 Å². The van der Waals surface area contributed by atoms with Gasteiger partial charge in [-0.25, -0.2) is 4.98 Å². The second-order valence-corrected chi connectivity index (χ2v) is 6.02. The number of carboxylic acids is 1. The molecule has 7 heteroatoms. The quantitative estimate of drug-likeness (QED) is 0.890. The number of carbonyl (C=O) groups excluding carboxylic acids is 1. The summed E-state index contributed by atoms with van der Waals surface area (Å²) >= 11 is 2.79. The summed E-state index contributed by atoms with van der Waals surface area (Å²) < 4.78 is 0. The summed E-state index contributed by atoms with van der Waals surface area (Å²) in [6, 6.07) is 3.68. The molecule has 0 radical (unpaired) electrons. The van der Waals surface area contributed by atoms with Gasteiger partial charge in [-0.2, -0.15) is 0 Å². The minimum atomic E-state index is -0.832. The van der Waals surface area contributed by atoms with Crippen LogP contribution in [0, 0.1) is 0 Å². The van der Waals surface area contributed by atoms with E-state index in [2.05, 4.69) is 10.3 Å². The fraction of sp³-hybridized carbons (Fsp3) is 0.154. The smallest absolute Gasteiger partial charge is 0.308 e. The summed E-state index contributed by atoms with van der Waals surface area (Å²) in [5.74, 6) is -0.978. The van der Waals surface area contributed by atoms with Crippen LogP contribution in [0.25, 0.3) is 12.2 Å². The summed E-state index contributed by atoms with van der Waals surface area (Å²) in [5, 5.41) is 13.7. The molecule has 0 saturated carbocycles. The number of aliphatic carboxylic acids is 1. The van der Waals surface area contributed by atoms with Gasteiger partial charge >= 0.3 is 5.97 Å². The highest BCUT2D eigenvalue weighted by atomic mass is 32.1. The molecule has 2 rings (SSSR count). The number of nitrogens with one attached hydrogen (secondary N) is 1. The van der Waals surface area contributed by atoms with Crippen molar-refractivity contribution in [2.24, 2.45) is 0 Å². The summed E-state index contributed by atoms with van der Waals surface area (Å²) in [6.07, 6.45) is 3.75. The van der Waals surface area contributed by atoms with Gasteiger partial charge in [-0.3, -0.25) is 9.59 Å². The fourth-order valence-corrected chi connectivity index (χ4v) is 3.10. The van der Waals surface area contributed by atoms with Crippen LogP contribution in [0.2, 0.25) is 0 Å². The number of hydrogen-bond acceptors (Lipinski definition) is 5. The Morgan fingerprint density at radius 1 is 1.40 bits per heavy atom. The summed E-state index contributed by atoms with van der Waals surface area (Å²) in [7, 11) is 0. The lowest BCUT2D eigenvalue weighted by Crippen LogP contribution is -2.04. The molecule has 1 amide bonds. The average molecular weight is 308 g/mol. The van der Waals surface area contributed by atoms with Gasteiger partial charge in [0.2, 0.25) is 5.91 Å². The van der Waals surface area contributed by atoms with Crippen molar-refractivity contribution in [3.8, 4) is 0 Å². The molecule has 0 saturated heterocycles. The Morgan fingerprint density at radius 2 is 2.20 bits per heavy atom. The molecule has 2 heterocycles. The monoisotopic (exact) mass is 308 g/mol. The maximum atomic E-state index is 10.9. The number of nitrogens with zero attached hydrogens (tertiary/aromatic N) is 1. The van der Waals surface area contributed by atoms with Gasteiger partial charge in [0.25, 0.3) is 0 Å². The largest absolute Gasteiger partial charge is 0.481 e. The van der Waals surface area contributed by atoms with E-state index in [1.165, 1.54) is 29.6 Å². The van der Waals surface area contributed by atoms with Crippen molar-refractivity contribution in [2.75, 3.05) is 5.32 Å². The van der Waals surface area contributed by atoms with E-state index in [1.807, 2.05) is 29.7 Å². The lowest BCUT2D eigenvalue weighted by molar-refractivity contribution is -0.136. The molecule has 0 aromatic carbocycles. The van der Waals surface area contributed by atoms with E-state index in [0.717, 1.165) is 15.4 Å². The molecule has 2 aromatic heterocycles. The minimum absolute atomic E-state index is 0.0435. The van der Waals surface area contributed by atoms with Crippen molar-refractivity contribution in [2.45, 2.75) is 13.3 Å². The highest BCUT2D eigenvalue weighted by molar-refractivity contribution is 7.14. The van der Waals surface area contributed by atoms with E-state index in [1.54, 1.807) is 0 Å². The summed E-state index contributed by atoms with van der Waals surface area (Å²) in [4.78, 5) is 27.5. The van der Waals surface area contributed by atoms with Crippen molar-refractivity contribution in [3.63, 3.8) is 0 Å². The zero-order valence-corrected chi connectivity index (χ0v) is 12.3. The van der Waals surface area contributed by atoms with E-state index in [4.69, 9.17) is 5.11 Å². The number of carbonyl (C=O) groups is 2. The standard InChI is InChI=1S/C13H12N2O3S2/c1-8(16)14-13-15-9(7-19-13)2-3-10-4-5-11(20-10)6-12(17)18/h2-5,7H,6H2,1H3,(H,17,18)(H,14,15,16)/b3-2+. The highest BCUT2D eigenvalue weighted by Gasteiger charge is 2.04. The Labute approximate surface area is 123 Å². The molecule has 0 unspecified atom stereocenters. The predicted molar refractivity (Wildman–Crippen MR) is 81.0 cm³/mol. The first kappa shape index (κ1) is 14.4. The molecule has 20 heavy (non-hydrogen) atoms. The number of aromatic nitrogens is 1. The maximum absolute atomic E-state index is 10.9. The van der Waals surface area contributed by atoms with Crippen molar-refractivity contribution >= 4 is 51.8 Å². The molecule has 0 aliphatic heterocycles. The number of rotatable bonds is 5. The molecular weight excluding hydrogens is 296 g/mol. The van der Waals surface area contributed by atoms with Crippen LogP contribution in [-0.2, 0) is 16.0 Å². The number of carboxylic acid groups (broad SMARTS) is 1. The third kappa shape index (κ3) is 4.29. The topological polar surface area (TPSA) is 79.3 Å². The molecule has 0 aliphatic rings. The first-order chi connectivity index (χ1) is 9.52. The second kappa shape index (κ2) is 6.44. The predicted octanol–water partition coefficient (Wildman–Crippen LogP) is 2.96. The number of thiophene rings is 1. The molecule has 104 valence electrons. The van der Waals surface area contributed by atoms with E-state index >= 15 is 0 Å². The highest BCUT2D eigenvalue weighted by Crippen LogP contribution is 2.21. The lowest BCUT2D eigenvalue weighted by Gasteiger charge is -1.92. The van der Waals surface area contributed by atoms with Gasteiger partial charge in [0, 0.05) is 22.1 Å².